The molecule has 2 atom stereocenters. The summed E-state index contributed by atoms with van der Waals surface area (Å²) in [6, 6.07) is 1.84. The number of aromatic nitrogens is 2. The SMILES string of the molecule is C=CCNC(=O)[C@H](C)N[C@H](C)Cn1cccn1. The van der Waals surface area contributed by atoms with E-state index in [0.29, 0.717) is 6.54 Å². The Kier molecular flexibility index (Phi) is 5.42. The van der Waals surface area contributed by atoms with E-state index in [9.17, 15) is 4.79 Å². The molecule has 1 heterocycles. The highest BCUT2D eigenvalue weighted by Gasteiger charge is 2.14. The lowest BCUT2D eigenvalue weighted by atomic mass is 10.2. The third-order valence-electron chi connectivity index (χ3n) is 2.37. The fourth-order valence-corrected chi connectivity index (χ4v) is 1.57. The van der Waals surface area contributed by atoms with Crippen molar-refractivity contribution in [2.45, 2.75) is 32.5 Å². The number of nitrogens with one attached hydrogen (secondary N) is 2. The predicted molar refractivity (Wildman–Crippen MR) is 67.5 cm³/mol. The minimum absolute atomic E-state index is 0.0165. The van der Waals surface area contributed by atoms with Gasteiger partial charge in [0.15, 0.2) is 0 Å². The summed E-state index contributed by atoms with van der Waals surface area (Å²) in [4.78, 5) is 11.6. The van der Waals surface area contributed by atoms with E-state index in [0.717, 1.165) is 6.54 Å². The van der Waals surface area contributed by atoms with Crippen molar-refractivity contribution in [1.29, 1.82) is 0 Å². The van der Waals surface area contributed by atoms with Gasteiger partial charge in [0.2, 0.25) is 5.91 Å². The number of hydrogen-bond donors (Lipinski definition) is 2. The Bertz CT molecular complexity index is 347. The third kappa shape index (κ3) is 4.82. The molecule has 0 saturated heterocycles. The van der Waals surface area contributed by atoms with Gasteiger partial charge >= 0.3 is 0 Å². The largest absolute Gasteiger partial charge is 0.351 e. The Morgan fingerprint density at radius 3 is 2.94 bits per heavy atom. The zero-order chi connectivity index (χ0) is 12.7. The molecule has 0 radical (unpaired) electrons. The Labute approximate surface area is 102 Å². The molecule has 0 aliphatic heterocycles. The van der Waals surface area contributed by atoms with Crippen molar-refractivity contribution in [3.8, 4) is 0 Å². The minimum Gasteiger partial charge on any atom is -0.351 e. The van der Waals surface area contributed by atoms with E-state index < -0.39 is 0 Å². The summed E-state index contributed by atoms with van der Waals surface area (Å²) in [7, 11) is 0. The second-order valence-corrected chi connectivity index (χ2v) is 4.05. The molecule has 1 aromatic heterocycles. The fraction of sp³-hybridized carbons (Fsp3) is 0.500. The molecular formula is C12H20N4O. The lowest BCUT2D eigenvalue weighted by Crippen LogP contribution is -2.46. The Morgan fingerprint density at radius 1 is 1.59 bits per heavy atom. The van der Waals surface area contributed by atoms with Gasteiger partial charge in [-0.15, -0.1) is 6.58 Å². The fourth-order valence-electron chi connectivity index (χ4n) is 1.57. The van der Waals surface area contributed by atoms with Gasteiger partial charge < -0.3 is 10.6 Å². The molecule has 17 heavy (non-hydrogen) atoms. The summed E-state index contributed by atoms with van der Waals surface area (Å²) < 4.78 is 1.84. The van der Waals surface area contributed by atoms with Crippen molar-refractivity contribution < 1.29 is 4.79 Å². The average molecular weight is 236 g/mol. The molecule has 1 aromatic rings. The molecule has 0 aromatic carbocycles. The Hall–Kier alpha value is -1.62. The number of carbonyl (C=O) groups is 1. The van der Waals surface area contributed by atoms with E-state index >= 15 is 0 Å². The van der Waals surface area contributed by atoms with E-state index in [1.165, 1.54) is 0 Å². The molecule has 1 rings (SSSR count). The van der Waals surface area contributed by atoms with Gasteiger partial charge in [-0.3, -0.25) is 9.48 Å². The normalized spacial score (nSPS) is 14.0. The summed E-state index contributed by atoms with van der Waals surface area (Å²) in [6.45, 7) is 8.67. The third-order valence-corrected chi connectivity index (χ3v) is 2.37. The number of amides is 1. The second kappa shape index (κ2) is 6.85. The van der Waals surface area contributed by atoms with Crippen LogP contribution in [0.2, 0.25) is 0 Å². The molecule has 0 aliphatic rings. The van der Waals surface area contributed by atoms with E-state index in [2.05, 4.69) is 22.3 Å². The molecule has 94 valence electrons. The molecule has 0 bridgehead atoms. The first kappa shape index (κ1) is 13.4. The molecule has 1 amide bonds. The van der Waals surface area contributed by atoms with E-state index in [1.807, 2.05) is 30.8 Å². The topological polar surface area (TPSA) is 59.0 Å². The highest BCUT2D eigenvalue weighted by Crippen LogP contribution is 1.93. The maximum absolute atomic E-state index is 11.6. The first-order chi connectivity index (χ1) is 8.13. The predicted octanol–water partition coefficient (Wildman–Crippen LogP) is 0.552. The minimum atomic E-state index is -0.222. The van der Waals surface area contributed by atoms with Crippen LogP contribution >= 0.6 is 0 Å². The molecule has 5 heteroatoms. The molecule has 5 nitrogen and oxygen atoms in total. The number of rotatable bonds is 7. The van der Waals surface area contributed by atoms with Gasteiger partial charge in [0.05, 0.1) is 12.6 Å². The van der Waals surface area contributed by atoms with Crippen LogP contribution in [0.15, 0.2) is 31.1 Å². The standard InChI is InChI=1S/C12H20N4O/c1-4-6-13-12(17)11(3)15-10(2)9-16-8-5-7-14-16/h4-5,7-8,10-11,15H,1,6,9H2,2-3H3,(H,13,17)/t10-,11+/m1/s1. The van der Waals surface area contributed by atoms with Crippen molar-refractivity contribution in [2.75, 3.05) is 6.54 Å². The monoisotopic (exact) mass is 236 g/mol. The number of carbonyl (C=O) groups excluding carboxylic acids is 1. The molecule has 0 fully saturated rings. The number of hydrogen-bond acceptors (Lipinski definition) is 3. The van der Waals surface area contributed by atoms with Crippen LogP contribution in [0.25, 0.3) is 0 Å². The van der Waals surface area contributed by atoms with Crippen molar-refractivity contribution in [3.63, 3.8) is 0 Å². The first-order valence-electron chi connectivity index (χ1n) is 5.75. The van der Waals surface area contributed by atoms with Crippen LogP contribution in [0.3, 0.4) is 0 Å². The zero-order valence-corrected chi connectivity index (χ0v) is 10.4. The summed E-state index contributed by atoms with van der Waals surface area (Å²) in [6.07, 6.45) is 5.31. The van der Waals surface area contributed by atoms with Crippen LogP contribution in [-0.2, 0) is 11.3 Å². The molecule has 0 saturated carbocycles. The van der Waals surface area contributed by atoms with Crippen LogP contribution < -0.4 is 10.6 Å². The van der Waals surface area contributed by atoms with Crippen molar-refractivity contribution in [3.05, 3.63) is 31.1 Å². The Balaban J connectivity index is 2.32. The maximum atomic E-state index is 11.6. The quantitative estimate of drug-likeness (QED) is 0.680. The number of nitrogens with zero attached hydrogens (tertiary/aromatic N) is 2. The lowest BCUT2D eigenvalue weighted by molar-refractivity contribution is -0.122. The highest BCUT2D eigenvalue weighted by molar-refractivity contribution is 5.81. The van der Waals surface area contributed by atoms with E-state index in [-0.39, 0.29) is 18.0 Å². The van der Waals surface area contributed by atoms with E-state index in [4.69, 9.17) is 0 Å². The smallest absolute Gasteiger partial charge is 0.237 e. The summed E-state index contributed by atoms with van der Waals surface area (Å²) >= 11 is 0. The molecular weight excluding hydrogens is 216 g/mol. The van der Waals surface area contributed by atoms with Gasteiger partial charge in [-0.2, -0.15) is 5.10 Å². The van der Waals surface area contributed by atoms with Crippen LogP contribution in [0, 0.1) is 0 Å². The van der Waals surface area contributed by atoms with Crippen molar-refractivity contribution in [1.82, 2.24) is 20.4 Å². The average Bonchev–Trinajstić information content (AvgIpc) is 2.78. The maximum Gasteiger partial charge on any atom is 0.237 e. The summed E-state index contributed by atoms with van der Waals surface area (Å²) in [5.41, 5.74) is 0. The van der Waals surface area contributed by atoms with Gasteiger partial charge in [-0.05, 0) is 19.9 Å². The van der Waals surface area contributed by atoms with Gasteiger partial charge in [0.1, 0.15) is 0 Å². The van der Waals surface area contributed by atoms with E-state index in [1.54, 1.807) is 12.3 Å². The second-order valence-electron chi connectivity index (χ2n) is 4.05. The van der Waals surface area contributed by atoms with Gasteiger partial charge in [-0.25, -0.2) is 0 Å². The molecule has 2 N–H and O–H groups in total. The van der Waals surface area contributed by atoms with Crippen LogP contribution in [0.1, 0.15) is 13.8 Å². The lowest BCUT2D eigenvalue weighted by Gasteiger charge is -2.19. The van der Waals surface area contributed by atoms with Crippen molar-refractivity contribution >= 4 is 5.91 Å². The first-order valence-corrected chi connectivity index (χ1v) is 5.75. The van der Waals surface area contributed by atoms with Gasteiger partial charge in [-0.1, -0.05) is 6.08 Å². The van der Waals surface area contributed by atoms with Crippen molar-refractivity contribution in [2.24, 2.45) is 0 Å². The van der Waals surface area contributed by atoms with Crippen LogP contribution in [0.4, 0.5) is 0 Å². The highest BCUT2D eigenvalue weighted by atomic mass is 16.2. The molecule has 0 unspecified atom stereocenters. The van der Waals surface area contributed by atoms with Gasteiger partial charge in [0, 0.05) is 25.0 Å². The zero-order valence-electron chi connectivity index (χ0n) is 10.4. The Morgan fingerprint density at radius 2 is 2.35 bits per heavy atom. The van der Waals surface area contributed by atoms with Crippen LogP contribution in [0.5, 0.6) is 0 Å². The molecule has 0 spiro atoms. The molecule has 0 aliphatic carbocycles. The van der Waals surface area contributed by atoms with Gasteiger partial charge in [0.25, 0.3) is 0 Å². The summed E-state index contributed by atoms with van der Waals surface area (Å²) in [5.74, 6) is -0.0165. The summed E-state index contributed by atoms with van der Waals surface area (Å²) in [5, 5.41) is 10.1. The van der Waals surface area contributed by atoms with Crippen LogP contribution in [-0.4, -0.2) is 34.3 Å².